The van der Waals surface area contributed by atoms with Gasteiger partial charge in [-0.1, -0.05) is 84.4 Å². The first-order valence-corrected chi connectivity index (χ1v) is 9.12. The molecule has 1 amide bonds. The molecule has 0 saturated carbocycles. The van der Waals surface area contributed by atoms with Crippen LogP contribution in [0.5, 0.6) is 0 Å². The second kappa shape index (κ2) is 7.29. The zero-order valence-electron chi connectivity index (χ0n) is 14.5. The van der Waals surface area contributed by atoms with Crippen molar-refractivity contribution >= 4 is 23.1 Å². The minimum atomic E-state index is -0.377. The van der Waals surface area contributed by atoms with Gasteiger partial charge in [-0.15, -0.1) is 0 Å². The molecule has 1 aliphatic rings. The quantitative estimate of drug-likeness (QED) is 0.663. The monoisotopic (exact) mass is 375 g/mol. The Labute approximate surface area is 163 Å². The molecular weight excluding hydrogens is 358 g/mol. The van der Waals surface area contributed by atoms with Crippen LogP contribution in [0, 0.1) is 0 Å². The lowest BCUT2D eigenvalue weighted by molar-refractivity contribution is -0.130. The molecule has 1 N–H and O–H groups in total. The van der Waals surface area contributed by atoms with Crippen molar-refractivity contribution in [3.05, 3.63) is 112 Å². The van der Waals surface area contributed by atoms with Crippen molar-refractivity contribution in [1.29, 1.82) is 0 Å². The third-order valence-corrected chi connectivity index (χ3v) is 5.02. The zero-order chi connectivity index (χ0) is 18.8. The predicted octanol–water partition coefficient (Wildman–Crippen LogP) is 5.39. The maximum Gasteiger partial charge on any atom is 0.290 e. The third-order valence-electron chi connectivity index (χ3n) is 4.77. The minimum absolute atomic E-state index is 0.197. The maximum absolute atomic E-state index is 12.9. The number of halogens is 1. The van der Waals surface area contributed by atoms with Crippen LogP contribution in [-0.2, 0) is 11.3 Å². The fourth-order valence-electron chi connectivity index (χ4n) is 3.50. The van der Waals surface area contributed by atoms with Gasteiger partial charge in [0.1, 0.15) is 0 Å². The van der Waals surface area contributed by atoms with Crippen LogP contribution in [0.2, 0.25) is 5.02 Å². The topological polar surface area (TPSA) is 40.5 Å². The predicted molar refractivity (Wildman–Crippen MR) is 107 cm³/mol. The number of nitrogens with zero attached hydrogens (tertiary/aromatic N) is 1. The summed E-state index contributed by atoms with van der Waals surface area (Å²) < 4.78 is 0. The van der Waals surface area contributed by atoms with Crippen LogP contribution in [0.15, 0.2) is 90.7 Å². The highest BCUT2D eigenvalue weighted by molar-refractivity contribution is 6.30. The van der Waals surface area contributed by atoms with E-state index in [1.807, 2.05) is 72.8 Å². The van der Waals surface area contributed by atoms with Gasteiger partial charge < -0.3 is 10.0 Å². The van der Waals surface area contributed by atoms with E-state index in [1.54, 1.807) is 17.0 Å². The number of rotatable bonds is 4. The number of carbonyl (C=O) groups is 1. The Kier molecular flexibility index (Phi) is 4.69. The minimum Gasteiger partial charge on any atom is -0.503 e. The molecule has 0 spiro atoms. The molecule has 0 radical (unpaired) electrons. The van der Waals surface area contributed by atoms with Crippen LogP contribution in [-0.4, -0.2) is 15.9 Å². The summed E-state index contributed by atoms with van der Waals surface area (Å²) in [5.74, 6) is -0.560. The summed E-state index contributed by atoms with van der Waals surface area (Å²) in [6.07, 6.45) is 0. The molecule has 0 unspecified atom stereocenters. The average Bonchev–Trinajstić information content (AvgIpc) is 2.95. The van der Waals surface area contributed by atoms with Crippen LogP contribution in [0.3, 0.4) is 0 Å². The molecule has 0 aromatic heterocycles. The SMILES string of the molecule is O=C1C(O)=C(c2ccccc2)[C@H](c2ccc(Cl)cc2)N1Cc1ccccc1. The van der Waals surface area contributed by atoms with Gasteiger partial charge in [-0.2, -0.15) is 0 Å². The lowest BCUT2D eigenvalue weighted by Crippen LogP contribution is -2.29. The van der Waals surface area contributed by atoms with Crippen molar-refractivity contribution in [3.63, 3.8) is 0 Å². The molecule has 0 aliphatic carbocycles. The Hall–Kier alpha value is -3.04. The van der Waals surface area contributed by atoms with E-state index >= 15 is 0 Å². The molecule has 1 aliphatic heterocycles. The van der Waals surface area contributed by atoms with Crippen LogP contribution >= 0.6 is 11.6 Å². The smallest absolute Gasteiger partial charge is 0.290 e. The molecule has 1 heterocycles. The zero-order valence-corrected chi connectivity index (χ0v) is 15.3. The van der Waals surface area contributed by atoms with Crippen molar-refractivity contribution in [2.24, 2.45) is 0 Å². The second-order valence-corrected chi connectivity index (χ2v) is 6.94. The van der Waals surface area contributed by atoms with Gasteiger partial charge in [0.25, 0.3) is 5.91 Å². The molecule has 3 aromatic carbocycles. The third kappa shape index (κ3) is 3.34. The summed E-state index contributed by atoms with van der Waals surface area (Å²) in [6.45, 7) is 0.410. The Morgan fingerprint density at radius 3 is 2.07 bits per heavy atom. The Morgan fingerprint density at radius 2 is 1.44 bits per heavy atom. The van der Waals surface area contributed by atoms with Crippen molar-refractivity contribution in [3.8, 4) is 0 Å². The molecule has 134 valence electrons. The summed E-state index contributed by atoms with van der Waals surface area (Å²) >= 11 is 6.05. The molecule has 4 rings (SSSR count). The fraction of sp³-hybridized carbons (Fsp3) is 0.0870. The first kappa shape index (κ1) is 17.4. The molecule has 27 heavy (non-hydrogen) atoms. The van der Waals surface area contributed by atoms with Gasteiger partial charge in [-0.3, -0.25) is 4.79 Å². The summed E-state index contributed by atoms with van der Waals surface area (Å²) in [5, 5.41) is 11.3. The highest BCUT2D eigenvalue weighted by atomic mass is 35.5. The first-order valence-electron chi connectivity index (χ1n) is 8.74. The standard InChI is InChI=1S/C23H18ClNO2/c24-19-13-11-18(12-14-19)21-20(17-9-5-2-6-10-17)22(26)23(27)25(21)15-16-7-3-1-4-8-16/h1-14,21,26H,15H2/t21-/m0/s1. The van der Waals surface area contributed by atoms with Gasteiger partial charge in [0.15, 0.2) is 5.76 Å². The number of carbonyl (C=O) groups excluding carboxylic acids is 1. The fourth-order valence-corrected chi connectivity index (χ4v) is 3.63. The molecule has 0 saturated heterocycles. The van der Waals surface area contributed by atoms with E-state index < -0.39 is 0 Å². The summed E-state index contributed by atoms with van der Waals surface area (Å²) in [5.41, 5.74) is 3.37. The first-order chi connectivity index (χ1) is 13.1. The highest BCUT2D eigenvalue weighted by Crippen LogP contribution is 2.43. The summed E-state index contributed by atoms with van der Waals surface area (Å²) in [6, 6.07) is 26.4. The second-order valence-electron chi connectivity index (χ2n) is 6.50. The molecular formula is C23H18ClNO2. The maximum atomic E-state index is 12.9. The molecule has 3 aromatic rings. The van der Waals surface area contributed by atoms with Crippen LogP contribution in [0.4, 0.5) is 0 Å². The Bertz CT molecular complexity index is 982. The molecule has 4 heteroatoms. The average molecular weight is 376 g/mol. The summed E-state index contributed by atoms with van der Waals surface area (Å²) in [4.78, 5) is 14.6. The number of benzene rings is 3. The van der Waals surface area contributed by atoms with Gasteiger partial charge in [-0.05, 0) is 28.8 Å². The molecule has 0 fully saturated rings. The van der Waals surface area contributed by atoms with Gasteiger partial charge in [0.2, 0.25) is 0 Å². The number of hydrogen-bond donors (Lipinski definition) is 1. The van der Waals surface area contributed by atoms with Gasteiger partial charge in [0.05, 0.1) is 6.04 Å². The number of hydrogen-bond acceptors (Lipinski definition) is 2. The van der Waals surface area contributed by atoms with E-state index in [4.69, 9.17) is 11.6 Å². The van der Waals surface area contributed by atoms with Crippen LogP contribution in [0.1, 0.15) is 22.7 Å². The largest absolute Gasteiger partial charge is 0.503 e. The van der Waals surface area contributed by atoms with Crippen molar-refractivity contribution in [2.75, 3.05) is 0 Å². The van der Waals surface area contributed by atoms with E-state index in [2.05, 4.69) is 0 Å². The molecule has 3 nitrogen and oxygen atoms in total. The van der Waals surface area contributed by atoms with E-state index in [0.29, 0.717) is 17.1 Å². The van der Waals surface area contributed by atoms with Gasteiger partial charge >= 0.3 is 0 Å². The Morgan fingerprint density at radius 1 is 0.852 bits per heavy atom. The lowest BCUT2D eigenvalue weighted by atomic mass is 9.93. The Balaban J connectivity index is 1.81. The number of aliphatic hydroxyl groups is 1. The van der Waals surface area contributed by atoms with E-state index in [-0.39, 0.29) is 17.7 Å². The van der Waals surface area contributed by atoms with Gasteiger partial charge in [-0.25, -0.2) is 0 Å². The van der Waals surface area contributed by atoms with Crippen LogP contribution in [0.25, 0.3) is 5.57 Å². The normalized spacial score (nSPS) is 16.9. The number of amides is 1. The van der Waals surface area contributed by atoms with Gasteiger partial charge in [0, 0.05) is 17.1 Å². The van der Waals surface area contributed by atoms with E-state index in [0.717, 1.165) is 16.7 Å². The van der Waals surface area contributed by atoms with Crippen LogP contribution < -0.4 is 0 Å². The van der Waals surface area contributed by atoms with Crippen molar-refractivity contribution in [2.45, 2.75) is 12.6 Å². The van der Waals surface area contributed by atoms with E-state index in [1.165, 1.54) is 0 Å². The van der Waals surface area contributed by atoms with Crippen molar-refractivity contribution < 1.29 is 9.90 Å². The van der Waals surface area contributed by atoms with Crippen molar-refractivity contribution in [1.82, 2.24) is 4.90 Å². The summed E-state index contributed by atoms with van der Waals surface area (Å²) in [7, 11) is 0. The molecule has 0 bridgehead atoms. The molecule has 1 atom stereocenters. The van der Waals surface area contributed by atoms with E-state index in [9.17, 15) is 9.90 Å². The lowest BCUT2D eigenvalue weighted by Gasteiger charge is -2.27. The number of aliphatic hydroxyl groups excluding tert-OH is 1. The highest BCUT2D eigenvalue weighted by Gasteiger charge is 2.40.